The highest BCUT2D eigenvalue weighted by Crippen LogP contribution is 2.15. The maximum atomic E-state index is 12.9. The Morgan fingerprint density at radius 3 is 2.25 bits per heavy atom. The monoisotopic (exact) mass is 412 g/mol. The third-order valence-electron chi connectivity index (χ3n) is 3.78. The van der Waals surface area contributed by atoms with Crippen molar-refractivity contribution in [3.05, 3.63) is 55.4 Å². The molecule has 0 aliphatic heterocycles. The van der Waals surface area contributed by atoms with Crippen LogP contribution >= 0.6 is 0 Å². The van der Waals surface area contributed by atoms with Gasteiger partial charge in [0.1, 0.15) is 5.82 Å². The third-order valence-corrected chi connectivity index (χ3v) is 5.66. The molecule has 0 aliphatic rings. The van der Waals surface area contributed by atoms with E-state index in [-0.39, 0.29) is 30.2 Å². The lowest BCUT2D eigenvalue weighted by Gasteiger charge is -2.19. The van der Waals surface area contributed by atoms with Crippen LogP contribution in [0.5, 0.6) is 0 Å². The van der Waals surface area contributed by atoms with Crippen molar-refractivity contribution in [2.24, 2.45) is 0 Å². The Morgan fingerprint density at radius 2 is 1.71 bits per heavy atom. The molecule has 1 aromatic carbocycles. The van der Waals surface area contributed by atoms with Crippen molar-refractivity contribution >= 4 is 21.9 Å². The molecule has 0 N–H and O–H groups in total. The average molecular weight is 412 g/mol. The molecule has 0 radical (unpaired) electrons. The number of rotatable bonds is 12. The van der Waals surface area contributed by atoms with Crippen molar-refractivity contribution in [2.75, 3.05) is 33.3 Å². The van der Waals surface area contributed by atoms with Crippen LogP contribution in [0.3, 0.4) is 0 Å². The Bertz CT molecular complexity index is 783. The zero-order valence-electron chi connectivity index (χ0n) is 15.8. The number of benzene rings is 1. The van der Waals surface area contributed by atoms with E-state index in [2.05, 4.69) is 13.2 Å². The van der Waals surface area contributed by atoms with E-state index in [9.17, 15) is 22.4 Å². The molecule has 0 heterocycles. The van der Waals surface area contributed by atoms with Gasteiger partial charge in [0.15, 0.2) is 6.61 Å². The number of carbonyl (C=O) groups is 2. The molecule has 0 aliphatic carbocycles. The Morgan fingerprint density at radius 1 is 1.14 bits per heavy atom. The fourth-order valence-electron chi connectivity index (χ4n) is 2.25. The van der Waals surface area contributed by atoms with Gasteiger partial charge < -0.3 is 9.64 Å². The molecule has 1 amide bonds. The van der Waals surface area contributed by atoms with E-state index in [0.29, 0.717) is 13.1 Å². The van der Waals surface area contributed by atoms with Gasteiger partial charge in [-0.05, 0) is 30.7 Å². The number of halogens is 1. The molecule has 1 rings (SSSR count). The standard InChI is InChI=1S/C19H25FN2O5S/c1-4-12-22(13-5-2)18(23)15-27-19(24)7-6-14-21(3)28(25,26)17-10-8-16(20)9-11-17/h4-5,8-11H,1-2,6-7,12-15H2,3H3. The van der Waals surface area contributed by atoms with E-state index in [0.717, 1.165) is 16.4 Å². The predicted molar refractivity (Wildman–Crippen MR) is 103 cm³/mol. The van der Waals surface area contributed by atoms with Gasteiger partial charge in [0, 0.05) is 33.1 Å². The van der Waals surface area contributed by atoms with Gasteiger partial charge in [-0.2, -0.15) is 0 Å². The second kappa shape index (κ2) is 11.4. The molecule has 0 aromatic heterocycles. The highest BCUT2D eigenvalue weighted by molar-refractivity contribution is 7.89. The maximum absolute atomic E-state index is 12.9. The fraction of sp³-hybridized carbons (Fsp3) is 0.368. The van der Waals surface area contributed by atoms with Crippen LogP contribution < -0.4 is 0 Å². The summed E-state index contributed by atoms with van der Waals surface area (Å²) in [6.07, 6.45) is 3.29. The summed E-state index contributed by atoms with van der Waals surface area (Å²) >= 11 is 0. The summed E-state index contributed by atoms with van der Waals surface area (Å²) < 4.78 is 43.7. The zero-order chi connectivity index (χ0) is 21.2. The topological polar surface area (TPSA) is 84.0 Å². The fourth-order valence-corrected chi connectivity index (χ4v) is 3.46. The lowest BCUT2D eigenvalue weighted by atomic mass is 10.3. The second-order valence-electron chi connectivity index (χ2n) is 5.92. The van der Waals surface area contributed by atoms with Crippen LogP contribution in [0.15, 0.2) is 54.5 Å². The van der Waals surface area contributed by atoms with Gasteiger partial charge in [0.2, 0.25) is 10.0 Å². The molecule has 9 heteroatoms. The van der Waals surface area contributed by atoms with E-state index >= 15 is 0 Å². The van der Waals surface area contributed by atoms with Crippen molar-refractivity contribution in [1.29, 1.82) is 0 Å². The van der Waals surface area contributed by atoms with Gasteiger partial charge in [-0.15, -0.1) is 13.2 Å². The Kier molecular flexibility index (Phi) is 9.54. The van der Waals surface area contributed by atoms with Crippen molar-refractivity contribution in [2.45, 2.75) is 17.7 Å². The van der Waals surface area contributed by atoms with Crippen LogP contribution in [0.2, 0.25) is 0 Å². The molecular formula is C19H25FN2O5S. The second-order valence-corrected chi connectivity index (χ2v) is 7.97. The summed E-state index contributed by atoms with van der Waals surface area (Å²) in [5.74, 6) is -1.50. The average Bonchev–Trinajstić information content (AvgIpc) is 2.66. The molecule has 0 saturated carbocycles. The molecule has 28 heavy (non-hydrogen) atoms. The molecule has 0 fully saturated rings. The van der Waals surface area contributed by atoms with Gasteiger partial charge in [0.25, 0.3) is 5.91 Å². The Balaban J connectivity index is 2.44. The molecule has 7 nitrogen and oxygen atoms in total. The number of ether oxygens (including phenoxy) is 1. The van der Waals surface area contributed by atoms with Gasteiger partial charge in [-0.3, -0.25) is 9.59 Å². The molecular weight excluding hydrogens is 387 g/mol. The predicted octanol–water partition coefficient (Wildman–Crippen LogP) is 1.97. The molecule has 0 atom stereocenters. The molecule has 0 bridgehead atoms. The minimum absolute atomic E-state index is 0.0332. The SMILES string of the molecule is C=CCN(CC=C)C(=O)COC(=O)CCCN(C)S(=O)(=O)c1ccc(F)cc1. The van der Waals surface area contributed by atoms with E-state index in [1.807, 2.05) is 0 Å². The molecule has 0 spiro atoms. The van der Waals surface area contributed by atoms with Gasteiger partial charge in [-0.25, -0.2) is 17.1 Å². The molecule has 0 unspecified atom stereocenters. The summed E-state index contributed by atoms with van der Waals surface area (Å²) in [5.41, 5.74) is 0. The summed E-state index contributed by atoms with van der Waals surface area (Å²) in [6.45, 7) is 7.41. The summed E-state index contributed by atoms with van der Waals surface area (Å²) in [7, 11) is -2.40. The molecule has 154 valence electrons. The summed E-state index contributed by atoms with van der Waals surface area (Å²) in [4.78, 5) is 25.1. The van der Waals surface area contributed by atoms with Crippen molar-refractivity contribution < 1.29 is 27.1 Å². The van der Waals surface area contributed by atoms with Crippen LogP contribution in [0.25, 0.3) is 0 Å². The van der Waals surface area contributed by atoms with Crippen LogP contribution in [0, 0.1) is 5.82 Å². The number of carbonyl (C=O) groups excluding carboxylic acids is 2. The number of hydrogen-bond acceptors (Lipinski definition) is 5. The Labute approximate surface area is 165 Å². The number of esters is 1. The first-order valence-corrected chi connectivity index (χ1v) is 10.0. The first kappa shape index (κ1) is 23.5. The third kappa shape index (κ3) is 7.24. The molecule has 1 aromatic rings. The highest BCUT2D eigenvalue weighted by Gasteiger charge is 2.21. The van der Waals surface area contributed by atoms with E-state index in [1.165, 1.54) is 24.1 Å². The van der Waals surface area contributed by atoms with Crippen LogP contribution in [0.1, 0.15) is 12.8 Å². The number of sulfonamides is 1. The Hall–Kier alpha value is -2.52. The quantitative estimate of drug-likeness (QED) is 0.387. The van der Waals surface area contributed by atoms with E-state index in [4.69, 9.17) is 4.74 Å². The number of amides is 1. The van der Waals surface area contributed by atoms with Crippen LogP contribution in [-0.4, -0.2) is 62.8 Å². The zero-order valence-corrected chi connectivity index (χ0v) is 16.7. The maximum Gasteiger partial charge on any atom is 0.306 e. The lowest BCUT2D eigenvalue weighted by molar-refractivity contribution is -0.151. The minimum atomic E-state index is -3.77. The summed E-state index contributed by atoms with van der Waals surface area (Å²) in [5, 5.41) is 0. The van der Waals surface area contributed by atoms with Crippen LogP contribution in [-0.2, 0) is 24.3 Å². The van der Waals surface area contributed by atoms with Crippen molar-refractivity contribution in [1.82, 2.24) is 9.21 Å². The highest BCUT2D eigenvalue weighted by atomic mass is 32.2. The number of nitrogens with zero attached hydrogens (tertiary/aromatic N) is 2. The molecule has 0 saturated heterocycles. The number of hydrogen-bond donors (Lipinski definition) is 0. The first-order chi connectivity index (χ1) is 13.2. The first-order valence-electron chi connectivity index (χ1n) is 8.59. The van der Waals surface area contributed by atoms with Crippen molar-refractivity contribution in [3.63, 3.8) is 0 Å². The van der Waals surface area contributed by atoms with Crippen LogP contribution in [0.4, 0.5) is 4.39 Å². The van der Waals surface area contributed by atoms with Gasteiger partial charge in [0.05, 0.1) is 4.90 Å². The van der Waals surface area contributed by atoms with Gasteiger partial charge >= 0.3 is 5.97 Å². The largest absolute Gasteiger partial charge is 0.456 e. The minimum Gasteiger partial charge on any atom is -0.456 e. The van der Waals surface area contributed by atoms with Gasteiger partial charge in [-0.1, -0.05) is 12.2 Å². The van der Waals surface area contributed by atoms with E-state index in [1.54, 1.807) is 12.2 Å². The smallest absolute Gasteiger partial charge is 0.306 e. The van der Waals surface area contributed by atoms with E-state index < -0.39 is 28.4 Å². The normalized spacial score (nSPS) is 11.1. The lowest BCUT2D eigenvalue weighted by Crippen LogP contribution is -2.35. The summed E-state index contributed by atoms with van der Waals surface area (Å²) in [6, 6.07) is 4.49. The van der Waals surface area contributed by atoms with Crippen molar-refractivity contribution in [3.8, 4) is 0 Å².